The minimum Gasteiger partial charge on any atom is -0.354 e. The van der Waals surface area contributed by atoms with Gasteiger partial charge in [0.2, 0.25) is 11.8 Å². The molecule has 3 N–H and O–H groups in total. The predicted molar refractivity (Wildman–Crippen MR) is 92.9 cm³/mol. The Labute approximate surface area is 143 Å². The van der Waals surface area contributed by atoms with Crippen molar-refractivity contribution >= 4 is 11.8 Å². The Kier molecular flexibility index (Phi) is 5.19. The molecule has 1 aliphatic carbocycles. The van der Waals surface area contributed by atoms with Crippen molar-refractivity contribution in [2.75, 3.05) is 6.54 Å². The number of nitrogens with zero attached hydrogens (tertiary/aromatic N) is 1. The summed E-state index contributed by atoms with van der Waals surface area (Å²) in [4.78, 5) is 26.4. The first-order valence-corrected chi connectivity index (χ1v) is 9.00. The second-order valence-corrected chi connectivity index (χ2v) is 7.09. The molecule has 0 unspecified atom stereocenters. The molecule has 5 heteroatoms. The van der Waals surface area contributed by atoms with Crippen LogP contribution in [0.25, 0.3) is 0 Å². The monoisotopic (exact) mass is 329 g/mol. The van der Waals surface area contributed by atoms with Gasteiger partial charge >= 0.3 is 0 Å². The van der Waals surface area contributed by atoms with Crippen LogP contribution in [-0.4, -0.2) is 28.8 Å². The summed E-state index contributed by atoms with van der Waals surface area (Å²) in [7, 11) is 0. The molecule has 1 fully saturated rings. The zero-order valence-electron chi connectivity index (χ0n) is 14.2. The minimum atomic E-state index is -0.696. The van der Waals surface area contributed by atoms with Crippen LogP contribution >= 0.6 is 0 Å². The molecule has 0 radical (unpaired) electrons. The highest BCUT2D eigenvalue weighted by Crippen LogP contribution is 2.26. The summed E-state index contributed by atoms with van der Waals surface area (Å²) in [5.74, 6) is 0.101. The van der Waals surface area contributed by atoms with Gasteiger partial charge < -0.3 is 16.0 Å². The van der Waals surface area contributed by atoms with E-state index < -0.39 is 5.54 Å². The van der Waals surface area contributed by atoms with E-state index in [2.05, 4.69) is 17.4 Å². The Morgan fingerprint density at radius 1 is 1.08 bits per heavy atom. The number of nitrogens with two attached hydrogens (primary N) is 1. The zero-order valence-corrected chi connectivity index (χ0v) is 14.2. The van der Waals surface area contributed by atoms with Gasteiger partial charge in [-0.25, -0.2) is 0 Å². The maximum atomic E-state index is 12.3. The van der Waals surface area contributed by atoms with E-state index >= 15 is 0 Å². The van der Waals surface area contributed by atoms with Crippen molar-refractivity contribution in [3.63, 3.8) is 0 Å². The number of hydrogen-bond donors (Lipinski definition) is 2. The SMILES string of the molecule is NC1(C(=O)NCCCC(=O)N2Cc3ccccc3C2)CCCCC1. The Morgan fingerprint density at radius 3 is 2.33 bits per heavy atom. The normalized spacial score (nSPS) is 19.0. The van der Waals surface area contributed by atoms with E-state index in [1.165, 1.54) is 17.5 Å². The fourth-order valence-electron chi connectivity index (χ4n) is 3.69. The molecule has 1 saturated carbocycles. The number of fused-ring (bicyclic) bond motifs is 1. The zero-order chi connectivity index (χ0) is 17.0. The van der Waals surface area contributed by atoms with Crippen LogP contribution in [0.4, 0.5) is 0 Å². The molecule has 3 rings (SSSR count). The van der Waals surface area contributed by atoms with Gasteiger partial charge in [0.25, 0.3) is 0 Å². The quantitative estimate of drug-likeness (QED) is 0.812. The number of rotatable bonds is 5. The third kappa shape index (κ3) is 3.78. The van der Waals surface area contributed by atoms with Crippen molar-refractivity contribution in [2.24, 2.45) is 5.73 Å². The van der Waals surface area contributed by atoms with Gasteiger partial charge in [0.1, 0.15) is 0 Å². The van der Waals surface area contributed by atoms with E-state index in [4.69, 9.17) is 5.73 Å². The van der Waals surface area contributed by atoms with Crippen LogP contribution in [-0.2, 0) is 22.7 Å². The van der Waals surface area contributed by atoms with E-state index in [9.17, 15) is 9.59 Å². The van der Waals surface area contributed by atoms with Gasteiger partial charge in [0.15, 0.2) is 0 Å². The molecule has 2 aliphatic rings. The van der Waals surface area contributed by atoms with E-state index in [0.29, 0.717) is 32.5 Å². The van der Waals surface area contributed by atoms with Gasteiger partial charge in [0.05, 0.1) is 5.54 Å². The lowest BCUT2D eigenvalue weighted by molar-refractivity contribution is -0.132. The average molecular weight is 329 g/mol. The van der Waals surface area contributed by atoms with Crippen LogP contribution in [0.15, 0.2) is 24.3 Å². The summed E-state index contributed by atoms with van der Waals surface area (Å²) in [6, 6.07) is 8.17. The van der Waals surface area contributed by atoms with E-state index in [1.54, 1.807) is 0 Å². The van der Waals surface area contributed by atoms with Crippen LogP contribution in [0, 0.1) is 0 Å². The Morgan fingerprint density at radius 2 is 1.71 bits per heavy atom. The second-order valence-electron chi connectivity index (χ2n) is 7.09. The van der Waals surface area contributed by atoms with Gasteiger partial charge in [-0.2, -0.15) is 0 Å². The first kappa shape index (κ1) is 17.0. The van der Waals surface area contributed by atoms with Crippen LogP contribution in [0.2, 0.25) is 0 Å². The van der Waals surface area contributed by atoms with Gasteiger partial charge in [-0.3, -0.25) is 9.59 Å². The Hall–Kier alpha value is -1.88. The molecule has 130 valence electrons. The van der Waals surface area contributed by atoms with Crippen LogP contribution in [0.5, 0.6) is 0 Å². The molecule has 0 bridgehead atoms. The van der Waals surface area contributed by atoms with Crippen LogP contribution < -0.4 is 11.1 Å². The number of amides is 2. The molecule has 0 atom stereocenters. The molecular weight excluding hydrogens is 302 g/mol. The highest BCUT2D eigenvalue weighted by Gasteiger charge is 2.34. The average Bonchev–Trinajstić information content (AvgIpc) is 3.03. The Balaban J connectivity index is 1.38. The van der Waals surface area contributed by atoms with Crippen molar-refractivity contribution in [1.82, 2.24) is 10.2 Å². The van der Waals surface area contributed by atoms with Gasteiger partial charge in [0, 0.05) is 26.1 Å². The van der Waals surface area contributed by atoms with Crippen molar-refractivity contribution in [3.8, 4) is 0 Å². The second kappa shape index (κ2) is 7.34. The summed E-state index contributed by atoms with van der Waals surface area (Å²) < 4.78 is 0. The summed E-state index contributed by atoms with van der Waals surface area (Å²) in [6.45, 7) is 1.92. The summed E-state index contributed by atoms with van der Waals surface area (Å²) in [5.41, 5.74) is 7.99. The van der Waals surface area contributed by atoms with Crippen LogP contribution in [0.3, 0.4) is 0 Å². The lowest BCUT2D eigenvalue weighted by Gasteiger charge is -2.31. The largest absolute Gasteiger partial charge is 0.354 e. The number of nitrogens with one attached hydrogen (secondary N) is 1. The molecule has 0 aromatic heterocycles. The highest BCUT2D eigenvalue weighted by atomic mass is 16.2. The van der Waals surface area contributed by atoms with E-state index in [-0.39, 0.29) is 11.8 Å². The molecule has 5 nitrogen and oxygen atoms in total. The molecule has 1 aliphatic heterocycles. The standard InChI is InChI=1S/C19H27N3O2/c20-19(10-4-1-5-11-19)18(24)21-12-6-9-17(23)22-13-15-7-2-3-8-16(15)14-22/h2-3,7-8H,1,4-6,9-14,20H2,(H,21,24). The van der Waals surface area contributed by atoms with Crippen molar-refractivity contribution < 1.29 is 9.59 Å². The predicted octanol–water partition coefficient (Wildman–Crippen LogP) is 2.09. The number of carbonyl (C=O) groups is 2. The molecule has 1 aromatic rings. The van der Waals surface area contributed by atoms with Crippen molar-refractivity contribution in [1.29, 1.82) is 0 Å². The summed E-state index contributed by atoms with van der Waals surface area (Å²) in [5, 5.41) is 2.92. The number of benzene rings is 1. The lowest BCUT2D eigenvalue weighted by atomic mass is 9.82. The molecular formula is C19H27N3O2. The van der Waals surface area contributed by atoms with Crippen molar-refractivity contribution in [2.45, 2.75) is 63.6 Å². The molecule has 24 heavy (non-hydrogen) atoms. The smallest absolute Gasteiger partial charge is 0.240 e. The summed E-state index contributed by atoms with van der Waals surface area (Å²) in [6.07, 6.45) is 5.88. The molecule has 0 spiro atoms. The molecule has 1 aromatic carbocycles. The van der Waals surface area contributed by atoms with Crippen LogP contribution in [0.1, 0.15) is 56.1 Å². The first-order valence-electron chi connectivity index (χ1n) is 9.00. The van der Waals surface area contributed by atoms with Gasteiger partial charge in [-0.05, 0) is 30.4 Å². The Bertz CT molecular complexity index is 583. The first-order chi connectivity index (χ1) is 11.6. The van der Waals surface area contributed by atoms with E-state index in [0.717, 1.165) is 25.7 Å². The third-order valence-corrected chi connectivity index (χ3v) is 5.24. The highest BCUT2D eigenvalue weighted by molar-refractivity contribution is 5.86. The lowest BCUT2D eigenvalue weighted by Crippen LogP contribution is -2.55. The number of carbonyl (C=O) groups excluding carboxylic acids is 2. The third-order valence-electron chi connectivity index (χ3n) is 5.24. The molecule has 2 amide bonds. The summed E-state index contributed by atoms with van der Waals surface area (Å²) >= 11 is 0. The van der Waals surface area contributed by atoms with Gasteiger partial charge in [-0.15, -0.1) is 0 Å². The van der Waals surface area contributed by atoms with E-state index in [1.807, 2.05) is 17.0 Å². The molecule has 1 heterocycles. The fourth-order valence-corrected chi connectivity index (χ4v) is 3.69. The maximum Gasteiger partial charge on any atom is 0.240 e. The topological polar surface area (TPSA) is 75.4 Å². The van der Waals surface area contributed by atoms with Gasteiger partial charge in [-0.1, -0.05) is 43.5 Å². The maximum absolute atomic E-state index is 12.3. The minimum absolute atomic E-state index is 0.0526. The molecule has 0 saturated heterocycles. The number of hydrogen-bond acceptors (Lipinski definition) is 3. The van der Waals surface area contributed by atoms with Crippen molar-refractivity contribution in [3.05, 3.63) is 35.4 Å². The fraction of sp³-hybridized carbons (Fsp3) is 0.579.